The van der Waals surface area contributed by atoms with Gasteiger partial charge in [-0.1, -0.05) is 0 Å². The van der Waals surface area contributed by atoms with E-state index in [1.165, 1.54) is 31.2 Å². The summed E-state index contributed by atoms with van der Waals surface area (Å²) in [4.78, 5) is 23.5. The van der Waals surface area contributed by atoms with E-state index < -0.39 is 0 Å². The lowest BCUT2D eigenvalue weighted by Gasteiger charge is -2.08. The Hall–Kier alpha value is -3.47. The van der Waals surface area contributed by atoms with Gasteiger partial charge >= 0.3 is 0 Å². The van der Waals surface area contributed by atoms with Gasteiger partial charge in [0.1, 0.15) is 17.3 Å². The first-order valence-electron chi connectivity index (χ1n) is 7.97. The Morgan fingerprint density at radius 3 is 1.81 bits per heavy atom. The summed E-state index contributed by atoms with van der Waals surface area (Å²) < 4.78 is 18.5. The monoisotopic (exact) mass is 349 g/mol. The molecular weight excluding hydrogens is 333 g/mol. The molecule has 0 aliphatic carbocycles. The number of carbonyl (C=O) groups is 2. The Balaban J connectivity index is 1.64. The summed E-state index contributed by atoms with van der Waals surface area (Å²) >= 11 is 0. The van der Waals surface area contributed by atoms with Gasteiger partial charge in [-0.05, 0) is 79.7 Å². The van der Waals surface area contributed by atoms with Crippen molar-refractivity contribution in [1.82, 2.24) is 0 Å². The number of carbonyl (C=O) groups excluding carboxylic acids is 2. The van der Waals surface area contributed by atoms with Gasteiger partial charge in [0.2, 0.25) is 0 Å². The topological polar surface area (TPSA) is 55.4 Å². The lowest BCUT2D eigenvalue weighted by atomic mass is 10.1. The van der Waals surface area contributed by atoms with Crippen molar-refractivity contribution in [3.63, 3.8) is 0 Å². The molecule has 5 heteroatoms. The second kappa shape index (κ2) is 7.61. The van der Waals surface area contributed by atoms with Crippen LogP contribution in [0.2, 0.25) is 0 Å². The second-order valence-corrected chi connectivity index (χ2v) is 5.67. The highest BCUT2D eigenvalue weighted by Gasteiger charge is 2.07. The number of hydrogen-bond donors (Lipinski definition) is 1. The van der Waals surface area contributed by atoms with Crippen LogP contribution in [0.5, 0.6) is 11.5 Å². The molecule has 0 aromatic heterocycles. The first-order valence-corrected chi connectivity index (χ1v) is 7.97. The van der Waals surface area contributed by atoms with E-state index in [1.54, 1.807) is 48.5 Å². The zero-order valence-corrected chi connectivity index (χ0v) is 14.0. The lowest BCUT2D eigenvalue weighted by molar-refractivity contribution is 0.101. The Kier molecular flexibility index (Phi) is 5.08. The molecular formula is C21H16FNO3. The van der Waals surface area contributed by atoms with Crippen molar-refractivity contribution in [3.05, 3.63) is 89.7 Å². The molecule has 0 aliphatic heterocycles. The van der Waals surface area contributed by atoms with Crippen molar-refractivity contribution >= 4 is 17.4 Å². The minimum atomic E-state index is -0.333. The van der Waals surface area contributed by atoms with Crippen molar-refractivity contribution < 1.29 is 18.7 Å². The van der Waals surface area contributed by atoms with Gasteiger partial charge in [0.25, 0.3) is 5.91 Å². The number of amides is 1. The van der Waals surface area contributed by atoms with Crippen LogP contribution in [0, 0.1) is 5.82 Å². The van der Waals surface area contributed by atoms with E-state index in [4.69, 9.17) is 4.74 Å². The van der Waals surface area contributed by atoms with Gasteiger partial charge in [-0.15, -0.1) is 0 Å². The van der Waals surface area contributed by atoms with Crippen molar-refractivity contribution in [3.8, 4) is 11.5 Å². The molecule has 3 aromatic rings. The van der Waals surface area contributed by atoms with E-state index in [1.807, 2.05) is 0 Å². The normalized spacial score (nSPS) is 10.2. The van der Waals surface area contributed by atoms with Crippen molar-refractivity contribution in [2.45, 2.75) is 6.92 Å². The number of halogens is 1. The first kappa shape index (κ1) is 17.4. The lowest BCUT2D eigenvalue weighted by Crippen LogP contribution is -2.11. The Morgan fingerprint density at radius 1 is 0.769 bits per heavy atom. The highest BCUT2D eigenvalue weighted by molar-refractivity contribution is 6.04. The smallest absolute Gasteiger partial charge is 0.255 e. The fourth-order valence-electron chi connectivity index (χ4n) is 2.30. The van der Waals surface area contributed by atoms with Crippen LogP contribution in [0.3, 0.4) is 0 Å². The van der Waals surface area contributed by atoms with Gasteiger partial charge in [0.15, 0.2) is 5.78 Å². The molecule has 0 atom stereocenters. The number of nitrogens with one attached hydrogen (secondary N) is 1. The average Bonchev–Trinajstić information content (AvgIpc) is 2.64. The van der Waals surface area contributed by atoms with E-state index in [-0.39, 0.29) is 17.5 Å². The molecule has 0 radical (unpaired) electrons. The van der Waals surface area contributed by atoms with Crippen molar-refractivity contribution in [2.75, 3.05) is 5.32 Å². The zero-order chi connectivity index (χ0) is 18.5. The fraction of sp³-hybridized carbons (Fsp3) is 0.0476. The van der Waals surface area contributed by atoms with Crippen molar-refractivity contribution in [1.29, 1.82) is 0 Å². The summed E-state index contributed by atoms with van der Waals surface area (Å²) in [5.41, 5.74) is 1.66. The summed E-state index contributed by atoms with van der Waals surface area (Å²) in [6, 6.07) is 19.0. The SMILES string of the molecule is CC(=O)c1ccc(NC(=O)c2ccc(Oc3ccc(F)cc3)cc2)cc1. The summed E-state index contributed by atoms with van der Waals surface area (Å²) in [7, 11) is 0. The molecule has 0 spiro atoms. The van der Waals surface area contributed by atoms with E-state index in [9.17, 15) is 14.0 Å². The molecule has 0 fully saturated rings. The molecule has 1 amide bonds. The summed E-state index contributed by atoms with van der Waals surface area (Å²) in [6.45, 7) is 1.49. The molecule has 1 N–H and O–H groups in total. The maximum absolute atomic E-state index is 12.9. The molecule has 0 saturated carbocycles. The Bertz CT molecular complexity index is 917. The molecule has 0 heterocycles. The molecule has 4 nitrogen and oxygen atoms in total. The number of anilines is 1. The van der Waals surface area contributed by atoms with Crippen LogP contribution < -0.4 is 10.1 Å². The minimum Gasteiger partial charge on any atom is -0.457 e. The van der Waals surface area contributed by atoms with Crippen LogP contribution >= 0.6 is 0 Å². The molecule has 3 rings (SSSR count). The Morgan fingerprint density at radius 2 is 1.27 bits per heavy atom. The Labute approximate surface area is 150 Å². The van der Waals surface area contributed by atoms with E-state index in [2.05, 4.69) is 5.32 Å². The first-order chi connectivity index (χ1) is 12.5. The maximum Gasteiger partial charge on any atom is 0.255 e. The van der Waals surface area contributed by atoms with Gasteiger partial charge in [-0.2, -0.15) is 0 Å². The largest absolute Gasteiger partial charge is 0.457 e. The van der Waals surface area contributed by atoms with Crippen LogP contribution in [0.4, 0.5) is 10.1 Å². The number of benzene rings is 3. The zero-order valence-electron chi connectivity index (χ0n) is 14.0. The summed E-state index contributed by atoms with van der Waals surface area (Å²) in [5, 5.41) is 2.77. The predicted octanol–water partition coefficient (Wildman–Crippen LogP) is 5.07. The quantitative estimate of drug-likeness (QED) is 0.654. The van der Waals surface area contributed by atoms with Gasteiger partial charge < -0.3 is 10.1 Å². The summed E-state index contributed by atoms with van der Waals surface area (Å²) in [6.07, 6.45) is 0. The number of ketones is 1. The highest BCUT2D eigenvalue weighted by atomic mass is 19.1. The number of hydrogen-bond acceptors (Lipinski definition) is 3. The molecule has 0 saturated heterocycles. The molecule has 26 heavy (non-hydrogen) atoms. The number of ether oxygens (including phenoxy) is 1. The van der Waals surface area contributed by atoms with Crippen LogP contribution in [0.15, 0.2) is 72.8 Å². The highest BCUT2D eigenvalue weighted by Crippen LogP contribution is 2.22. The summed E-state index contributed by atoms with van der Waals surface area (Å²) in [5.74, 6) is 0.419. The third kappa shape index (κ3) is 4.33. The predicted molar refractivity (Wildman–Crippen MR) is 97.3 cm³/mol. The van der Waals surface area contributed by atoms with Crippen LogP contribution in [0.1, 0.15) is 27.6 Å². The van der Waals surface area contributed by atoms with Gasteiger partial charge in [0.05, 0.1) is 0 Å². The molecule has 0 bridgehead atoms. The van der Waals surface area contributed by atoms with E-state index in [0.717, 1.165) is 0 Å². The van der Waals surface area contributed by atoms with Gasteiger partial charge in [0, 0.05) is 16.8 Å². The molecule has 0 aliphatic rings. The fourth-order valence-corrected chi connectivity index (χ4v) is 2.30. The third-order valence-corrected chi connectivity index (χ3v) is 3.72. The van der Waals surface area contributed by atoms with E-state index in [0.29, 0.717) is 28.3 Å². The maximum atomic E-state index is 12.9. The van der Waals surface area contributed by atoms with Gasteiger partial charge in [-0.25, -0.2) is 4.39 Å². The average molecular weight is 349 g/mol. The number of Topliss-reactive ketones (excluding diaryl/α,β-unsaturated/α-hetero) is 1. The van der Waals surface area contributed by atoms with Crippen LogP contribution in [-0.4, -0.2) is 11.7 Å². The minimum absolute atomic E-state index is 0.0281. The van der Waals surface area contributed by atoms with Crippen LogP contribution in [-0.2, 0) is 0 Å². The second-order valence-electron chi connectivity index (χ2n) is 5.67. The third-order valence-electron chi connectivity index (χ3n) is 3.72. The number of rotatable bonds is 5. The van der Waals surface area contributed by atoms with Gasteiger partial charge in [-0.3, -0.25) is 9.59 Å². The molecule has 3 aromatic carbocycles. The van der Waals surface area contributed by atoms with E-state index >= 15 is 0 Å². The standard InChI is InChI=1S/C21H16FNO3/c1-14(24)15-2-8-18(9-3-15)23-21(25)16-4-10-19(11-5-16)26-20-12-6-17(22)7-13-20/h2-13H,1H3,(H,23,25). The molecule has 130 valence electrons. The van der Waals surface area contributed by atoms with Crippen molar-refractivity contribution in [2.24, 2.45) is 0 Å². The van der Waals surface area contributed by atoms with Crippen LogP contribution in [0.25, 0.3) is 0 Å². The molecule has 0 unspecified atom stereocenters.